The molecule has 0 N–H and O–H groups in total. The van der Waals surface area contributed by atoms with Crippen molar-refractivity contribution in [1.29, 1.82) is 0 Å². The molecule has 1 aliphatic rings. The Morgan fingerprint density at radius 3 is 3.07 bits per heavy atom. The molecule has 0 saturated heterocycles. The van der Waals surface area contributed by atoms with Crippen LogP contribution in [0, 0.1) is 3.57 Å². The molecule has 0 aliphatic heterocycles. The van der Waals surface area contributed by atoms with E-state index in [1.165, 1.54) is 38.6 Å². The van der Waals surface area contributed by atoms with E-state index in [1.807, 2.05) is 0 Å². The third kappa shape index (κ3) is 1.27. The number of halogens is 1. The van der Waals surface area contributed by atoms with Gasteiger partial charge in [-0.3, -0.25) is 0 Å². The highest BCUT2D eigenvalue weighted by Gasteiger charge is 2.16. The summed E-state index contributed by atoms with van der Waals surface area (Å²) in [5.41, 5.74) is 4.28. The minimum absolute atomic E-state index is 1.18. The van der Waals surface area contributed by atoms with Gasteiger partial charge in [-0.1, -0.05) is 12.1 Å². The Labute approximate surface area is 103 Å². The van der Waals surface area contributed by atoms with Crippen LogP contribution in [0.3, 0.4) is 0 Å². The zero-order valence-corrected chi connectivity index (χ0v) is 10.8. The number of aryl methyl sites for hydroxylation is 2. The van der Waals surface area contributed by atoms with Gasteiger partial charge in [-0.2, -0.15) is 0 Å². The number of rotatable bonds is 0. The van der Waals surface area contributed by atoms with Gasteiger partial charge < -0.3 is 4.57 Å². The molecule has 0 amide bonds. The maximum absolute atomic E-state index is 2.44. The second kappa shape index (κ2) is 3.37. The summed E-state index contributed by atoms with van der Waals surface area (Å²) in [5.74, 6) is 0. The zero-order chi connectivity index (χ0) is 10.4. The molecule has 0 unspecified atom stereocenters. The van der Waals surface area contributed by atoms with Gasteiger partial charge in [0.15, 0.2) is 0 Å². The molecular weight excluding hydrogens is 297 g/mol. The fourth-order valence-electron chi connectivity index (χ4n) is 2.44. The van der Waals surface area contributed by atoms with Gasteiger partial charge in [-0.25, -0.2) is 0 Å². The predicted octanol–water partition coefficient (Wildman–Crippen LogP) is 3.74. The van der Waals surface area contributed by atoms with Crippen molar-refractivity contribution in [3.8, 4) is 0 Å². The maximum atomic E-state index is 2.44. The lowest BCUT2D eigenvalue weighted by Crippen LogP contribution is -1.96. The third-order valence-electron chi connectivity index (χ3n) is 3.16. The Morgan fingerprint density at radius 1 is 1.33 bits per heavy atom. The molecular formula is C13H12IN. The molecule has 1 nitrogen and oxygen atoms in total. The third-order valence-corrected chi connectivity index (χ3v) is 4.06. The van der Waals surface area contributed by atoms with Crippen LogP contribution in [-0.2, 0) is 13.5 Å². The van der Waals surface area contributed by atoms with Gasteiger partial charge in [0.05, 0.1) is 0 Å². The second-order valence-corrected chi connectivity index (χ2v) is 5.16. The molecule has 2 heteroatoms. The summed E-state index contributed by atoms with van der Waals surface area (Å²) in [7, 11) is 2.16. The Hall–Kier alpha value is -0.770. The van der Waals surface area contributed by atoms with Crippen LogP contribution in [0.15, 0.2) is 24.3 Å². The largest absolute Gasteiger partial charge is 0.344 e. The zero-order valence-electron chi connectivity index (χ0n) is 8.63. The van der Waals surface area contributed by atoms with E-state index in [2.05, 4.69) is 64.6 Å². The minimum atomic E-state index is 1.18. The Balaban J connectivity index is 2.51. The minimum Gasteiger partial charge on any atom is -0.344 e. The van der Waals surface area contributed by atoms with Crippen LogP contribution in [-0.4, -0.2) is 4.57 Å². The summed E-state index contributed by atoms with van der Waals surface area (Å²) in [6, 6.07) is 6.55. The molecule has 0 spiro atoms. The number of aromatic nitrogens is 1. The normalized spacial score (nSPS) is 14.5. The van der Waals surface area contributed by atoms with Gasteiger partial charge in [-0.15, -0.1) is 0 Å². The quantitative estimate of drug-likeness (QED) is 0.653. The summed E-state index contributed by atoms with van der Waals surface area (Å²) in [5, 5.41) is 1.46. The predicted molar refractivity (Wildman–Crippen MR) is 73.0 cm³/mol. The van der Waals surface area contributed by atoms with E-state index in [0.29, 0.717) is 0 Å². The highest BCUT2D eigenvalue weighted by molar-refractivity contribution is 14.1. The molecule has 1 heterocycles. The summed E-state index contributed by atoms with van der Waals surface area (Å²) in [4.78, 5) is 0. The molecule has 3 rings (SSSR count). The summed E-state index contributed by atoms with van der Waals surface area (Å²) >= 11 is 2.44. The fraction of sp³-hybridized carbons (Fsp3) is 0.231. The molecule has 76 valence electrons. The van der Waals surface area contributed by atoms with Crippen LogP contribution in [0.2, 0.25) is 0 Å². The summed E-state index contributed by atoms with van der Waals surface area (Å²) in [6.45, 7) is 0. The van der Waals surface area contributed by atoms with Crippen LogP contribution < -0.4 is 0 Å². The maximum Gasteiger partial charge on any atom is 0.0496 e. The molecule has 1 aromatic heterocycles. The first-order valence-electron chi connectivity index (χ1n) is 5.21. The van der Waals surface area contributed by atoms with Crippen LogP contribution in [0.1, 0.15) is 17.7 Å². The Morgan fingerprint density at radius 2 is 2.20 bits per heavy atom. The average Bonchev–Trinajstić information content (AvgIpc) is 2.55. The van der Waals surface area contributed by atoms with Crippen molar-refractivity contribution in [3.05, 3.63) is 39.1 Å². The monoisotopic (exact) mass is 309 g/mol. The van der Waals surface area contributed by atoms with Crippen LogP contribution in [0.5, 0.6) is 0 Å². The molecule has 0 atom stereocenters. The summed E-state index contributed by atoms with van der Waals surface area (Å²) < 4.78 is 3.68. The molecule has 1 aliphatic carbocycles. The van der Waals surface area contributed by atoms with E-state index >= 15 is 0 Å². The smallest absolute Gasteiger partial charge is 0.0496 e. The molecule has 1 aromatic carbocycles. The number of hydrogen-bond acceptors (Lipinski definition) is 0. The first-order valence-corrected chi connectivity index (χ1v) is 6.29. The molecule has 0 saturated carbocycles. The second-order valence-electron chi connectivity index (χ2n) is 4.00. The van der Waals surface area contributed by atoms with Crippen LogP contribution in [0.25, 0.3) is 17.0 Å². The highest BCUT2D eigenvalue weighted by Crippen LogP contribution is 2.33. The highest BCUT2D eigenvalue weighted by atomic mass is 127. The van der Waals surface area contributed by atoms with Gasteiger partial charge >= 0.3 is 0 Å². The first-order chi connectivity index (χ1) is 7.29. The SMILES string of the molecule is Cn1c2c(c3c(I)cccc31)CCC=C2. The lowest BCUT2D eigenvalue weighted by Gasteiger charge is -2.06. The fourth-order valence-corrected chi connectivity index (χ4v) is 3.25. The number of fused-ring (bicyclic) bond motifs is 3. The van der Waals surface area contributed by atoms with Gasteiger partial charge in [-0.05, 0) is 59.2 Å². The van der Waals surface area contributed by atoms with E-state index in [-0.39, 0.29) is 0 Å². The Bertz CT molecular complexity index is 563. The van der Waals surface area contributed by atoms with Crippen molar-refractivity contribution in [3.63, 3.8) is 0 Å². The first kappa shape index (κ1) is 9.46. The lowest BCUT2D eigenvalue weighted by atomic mass is 10.0. The standard InChI is InChI=1S/C13H12IN/c1-15-11-7-3-2-5-9(11)13-10(14)6-4-8-12(13)15/h3-4,6-8H,2,5H2,1H3. The summed E-state index contributed by atoms with van der Waals surface area (Å²) in [6.07, 6.45) is 6.89. The van der Waals surface area contributed by atoms with Crippen molar-refractivity contribution in [2.75, 3.05) is 0 Å². The van der Waals surface area contributed by atoms with Gasteiger partial charge in [0.1, 0.15) is 0 Å². The van der Waals surface area contributed by atoms with Crippen LogP contribution in [0.4, 0.5) is 0 Å². The van der Waals surface area contributed by atoms with E-state index < -0.39 is 0 Å². The molecule has 0 fully saturated rings. The van der Waals surface area contributed by atoms with E-state index in [0.717, 1.165) is 0 Å². The van der Waals surface area contributed by atoms with Crippen molar-refractivity contribution in [2.24, 2.45) is 7.05 Å². The topological polar surface area (TPSA) is 4.93 Å². The van der Waals surface area contributed by atoms with Crippen molar-refractivity contribution < 1.29 is 0 Å². The average molecular weight is 309 g/mol. The number of hydrogen-bond donors (Lipinski definition) is 0. The van der Waals surface area contributed by atoms with Gasteiger partial charge in [0.2, 0.25) is 0 Å². The number of benzene rings is 1. The van der Waals surface area contributed by atoms with Gasteiger partial charge in [0, 0.05) is 27.2 Å². The van der Waals surface area contributed by atoms with Crippen LogP contribution >= 0.6 is 22.6 Å². The molecule has 2 aromatic rings. The van der Waals surface area contributed by atoms with E-state index in [4.69, 9.17) is 0 Å². The number of nitrogens with zero attached hydrogens (tertiary/aromatic N) is 1. The van der Waals surface area contributed by atoms with Gasteiger partial charge in [0.25, 0.3) is 0 Å². The molecule has 0 radical (unpaired) electrons. The van der Waals surface area contributed by atoms with Crippen molar-refractivity contribution in [1.82, 2.24) is 4.57 Å². The lowest BCUT2D eigenvalue weighted by molar-refractivity contribution is 0.908. The number of allylic oxidation sites excluding steroid dienone is 1. The van der Waals surface area contributed by atoms with E-state index in [9.17, 15) is 0 Å². The molecule has 0 bridgehead atoms. The van der Waals surface area contributed by atoms with Crippen molar-refractivity contribution >= 4 is 39.6 Å². The Kier molecular flexibility index (Phi) is 2.12. The van der Waals surface area contributed by atoms with E-state index in [1.54, 1.807) is 0 Å². The van der Waals surface area contributed by atoms with Crippen molar-refractivity contribution in [2.45, 2.75) is 12.8 Å². The molecule has 15 heavy (non-hydrogen) atoms.